The molecule has 0 amide bonds. The normalized spacial score (nSPS) is 27.7. The van der Waals surface area contributed by atoms with Crippen molar-refractivity contribution >= 4 is 5.82 Å². The summed E-state index contributed by atoms with van der Waals surface area (Å²) >= 11 is 0. The highest BCUT2D eigenvalue weighted by atomic mass is 19.4. The van der Waals surface area contributed by atoms with Gasteiger partial charge in [0.15, 0.2) is 5.82 Å². The van der Waals surface area contributed by atoms with Crippen molar-refractivity contribution in [3.8, 4) is 11.3 Å². The summed E-state index contributed by atoms with van der Waals surface area (Å²) in [6, 6.07) is 6.76. The Morgan fingerprint density at radius 2 is 1.85 bits per heavy atom. The van der Waals surface area contributed by atoms with E-state index in [2.05, 4.69) is 20.4 Å². The maximum Gasteiger partial charge on any atom is 0.420 e. The molecule has 1 aromatic heterocycles. The van der Waals surface area contributed by atoms with Crippen LogP contribution in [-0.4, -0.2) is 66.7 Å². The molecular formula is C25H33F3N4O2. The van der Waals surface area contributed by atoms with Gasteiger partial charge in [0.25, 0.3) is 0 Å². The number of nitrogens with one attached hydrogen (secondary N) is 1. The zero-order valence-electron chi connectivity index (χ0n) is 19.6. The topological polar surface area (TPSA) is 59.5 Å². The second-order valence-corrected chi connectivity index (χ2v) is 9.93. The van der Waals surface area contributed by atoms with E-state index >= 15 is 0 Å². The van der Waals surface area contributed by atoms with E-state index in [-0.39, 0.29) is 25.1 Å². The van der Waals surface area contributed by atoms with Gasteiger partial charge in [0.05, 0.1) is 31.6 Å². The number of alkyl halides is 3. The molecule has 2 saturated heterocycles. The van der Waals surface area contributed by atoms with E-state index in [0.717, 1.165) is 49.7 Å². The molecule has 1 saturated carbocycles. The van der Waals surface area contributed by atoms with Crippen molar-refractivity contribution in [1.82, 2.24) is 15.1 Å². The molecule has 2 aliphatic heterocycles. The molecule has 5 rings (SSSR count). The number of nitrogens with zero attached hydrogens (tertiary/aromatic N) is 3. The minimum absolute atomic E-state index is 0. The van der Waals surface area contributed by atoms with Crippen LogP contribution < -0.4 is 5.32 Å². The number of likely N-dealkylation sites (tertiary alicyclic amines) is 1. The van der Waals surface area contributed by atoms with E-state index < -0.39 is 11.7 Å². The summed E-state index contributed by atoms with van der Waals surface area (Å²) in [7, 11) is 0. The molecule has 4 atom stereocenters. The van der Waals surface area contributed by atoms with Gasteiger partial charge in [0, 0.05) is 32.7 Å². The Morgan fingerprint density at radius 3 is 2.53 bits per heavy atom. The monoisotopic (exact) mass is 478 g/mol. The van der Waals surface area contributed by atoms with Crippen LogP contribution in [0.4, 0.5) is 19.0 Å². The standard InChI is InChI=1S/C25H31F3N4O2.H2/c1-15-3-4-16(2)21(7-15)23-10-22(25(26,27)28)24(31-30-23)29-19-8-17-11-32(12-18(17)9-19)13-20-14-33-5-6-34-20;/h3-4,7,10,17-20H,5-6,8-9,11-14H2,1-2H3,(H,29,31);1H/t17-,18+,19?,20-;/m0./s1. The molecule has 3 fully saturated rings. The van der Waals surface area contributed by atoms with Crippen molar-refractivity contribution in [3.63, 3.8) is 0 Å². The number of aromatic nitrogens is 2. The maximum atomic E-state index is 14.0. The first kappa shape index (κ1) is 23.5. The Balaban J connectivity index is 0.00000289. The Hall–Kier alpha value is -2.23. The van der Waals surface area contributed by atoms with Crippen LogP contribution in [0.3, 0.4) is 0 Å². The maximum absolute atomic E-state index is 14.0. The highest BCUT2D eigenvalue weighted by molar-refractivity contribution is 5.66. The second-order valence-electron chi connectivity index (χ2n) is 9.93. The largest absolute Gasteiger partial charge is 0.420 e. The van der Waals surface area contributed by atoms with Gasteiger partial charge in [-0.2, -0.15) is 13.2 Å². The van der Waals surface area contributed by atoms with Gasteiger partial charge in [0.1, 0.15) is 5.56 Å². The van der Waals surface area contributed by atoms with Gasteiger partial charge < -0.3 is 19.7 Å². The summed E-state index contributed by atoms with van der Waals surface area (Å²) in [4.78, 5) is 2.41. The van der Waals surface area contributed by atoms with Gasteiger partial charge in [-0.05, 0) is 56.2 Å². The van der Waals surface area contributed by atoms with Crippen LogP contribution in [0.1, 0.15) is 31.0 Å². The summed E-state index contributed by atoms with van der Waals surface area (Å²) < 4.78 is 53.2. The fourth-order valence-electron chi connectivity index (χ4n) is 5.65. The number of halogens is 3. The van der Waals surface area contributed by atoms with Crippen molar-refractivity contribution in [1.29, 1.82) is 0 Å². The number of fused-ring (bicyclic) bond motifs is 1. The van der Waals surface area contributed by atoms with Crippen molar-refractivity contribution in [2.24, 2.45) is 11.8 Å². The second kappa shape index (κ2) is 9.43. The summed E-state index contributed by atoms with van der Waals surface area (Å²) in [6.07, 6.45) is -2.73. The van der Waals surface area contributed by atoms with Crippen LogP contribution in [0.15, 0.2) is 24.3 Å². The summed E-state index contributed by atoms with van der Waals surface area (Å²) in [5, 5.41) is 11.3. The van der Waals surface area contributed by atoms with Gasteiger partial charge in [-0.3, -0.25) is 0 Å². The lowest BCUT2D eigenvalue weighted by molar-refractivity contribution is -0.137. The summed E-state index contributed by atoms with van der Waals surface area (Å²) in [5.41, 5.74) is 1.99. The Bertz CT molecular complexity index is 1020. The van der Waals surface area contributed by atoms with Gasteiger partial charge in [-0.15, -0.1) is 10.2 Å². The fourth-order valence-corrected chi connectivity index (χ4v) is 5.65. The van der Waals surface area contributed by atoms with E-state index in [1.807, 2.05) is 32.0 Å². The quantitative estimate of drug-likeness (QED) is 0.680. The molecule has 186 valence electrons. The van der Waals surface area contributed by atoms with Gasteiger partial charge in [-0.1, -0.05) is 17.7 Å². The predicted octanol–water partition coefficient (Wildman–Crippen LogP) is 4.56. The van der Waals surface area contributed by atoms with Crippen molar-refractivity contribution in [2.75, 3.05) is 44.8 Å². The molecule has 6 nitrogen and oxygen atoms in total. The first-order valence-electron chi connectivity index (χ1n) is 12.0. The van der Waals surface area contributed by atoms with Gasteiger partial charge in [-0.25, -0.2) is 0 Å². The third kappa shape index (κ3) is 5.06. The van der Waals surface area contributed by atoms with Crippen LogP contribution in [0.2, 0.25) is 0 Å². The van der Waals surface area contributed by atoms with Gasteiger partial charge in [0.2, 0.25) is 0 Å². The minimum atomic E-state index is -4.52. The summed E-state index contributed by atoms with van der Waals surface area (Å²) in [6.45, 7) is 8.46. The van der Waals surface area contributed by atoms with Crippen LogP contribution >= 0.6 is 0 Å². The minimum Gasteiger partial charge on any atom is -0.376 e. The molecule has 1 unspecified atom stereocenters. The lowest BCUT2D eigenvalue weighted by Gasteiger charge is -2.28. The third-order valence-corrected chi connectivity index (χ3v) is 7.28. The van der Waals surface area contributed by atoms with Crippen LogP contribution in [0.25, 0.3) is 11.3 Å². The van der Waals surface area contributed by atoms with Crippen LogP contribution in [0, 0.1) is 25.7 Å². The summed E-state index contributed by atoms with van der Waals surface area (Å²) in [5.74, 6) is 0.771. The third-order valence-electron chi connectivity index (χ3n) is 7.28. The smallest absolute Gasteiger partial charge is 0.376 e. The highest BCUT2D eigenvalue weighted by Crippen LogP contribution is 2.41. The Morgan fingerprint density at radius 1 is 1.09 bits per heavy atom. The predicted molar refractivity (Wildman–Crippen MR) is 125 cm³/mol. The molecule has 1 aromatic carbocycles. The molecule has 0 radical (unpaired) electrons. The average molecular weight is 479 g/mol. The molecule has 34 heavy (non-hydrogen) atoms. The SMILES string of the molecule is Cc1ccc(C)c(-c2cc(C(F)(F)F)c(NC3C[C@@H]4CN(C[C@H]5COCCO5)C[C@@H]4C3)nn2)c1.[HH]. The molecule has 9 heteroatoms. The van der Waals surface area contributed by atoms with E-state index in [0.29, 0.717) is 37.2 Å². The number of hydrogen-bond acceptors (Lipinski definition) is 6. The Kier molecular flexibility index (Phi) is 6.52. The molecule has 2 aromatic rings. The van der Waals surface area contributed by atoms with Crippen molar-refractivity contribution in [2.45, 2.75) is 45.0 Å². The number of hydrogen-bond donors (Lipinski definition) is 1. The van der Waals surface area contributed by atoms with Gasteiger partial charge >= 0.3 is 6.18 Å². The zero-order chi connectivity index (χ0) is 23.9. The molecule has 0 spiro atoms. The number of benzene rings is 1. The molecule has 3 aliphatic rings. The number of ether oxygens (including phenoxy) is 2. The zero-order valence-corrected chi connectivity index (χ0v) is 19.6. The van der Waals surface area contributed by atoms with Crippen LogP contribution in [-0.2, 0) is 15.7 Å². The molecule has 1 N–H and O–H groups in total. The fraction of sp³-hybridized carbons (Fsp3) is 0.600. The molecule has 3 heterocycles. The first-order valence-corrected chi connectivity index (χ1v) is 12.0. The number of anilines is 1. The van der Waals surface area contributed by atoms with E-state index in [4.69, 9.17) is 9.47 Å². The van der Waals surface area contributed by atoms with E-state index in [9.17, 15) is 13.2 Å². The van der Waals surface area contributed by atoms with E-state index in [1.54, 1.807) is 0 Å². The average Bonchev–Trinajstić information content (AvgIpc) is 3.33. The first-order chi connectivity index (χ1) is 16.3. The number of rotatable bonds is 5. The lowest BCUT2D eigenvalue weighted by Crippen LogP contribution is -2.39. The van der Waals surface area contributed by atoms with Crippen molar-refractivity contribution in [3.05, 3.63) is 41.0 Å². The number of aryl methyl sites for hydroxylation is 2. The lowest BCUT2D eigenvalue weighted by atomic mass is 10.0. The Labute approximate surface area is 199 Å². The molecule has 0 bridgehead atoms. The highest BCUT2D eigenvalue weighted by Gasteiger charge is 2.43. The molecule has 1 aliphatic carbocycles. The van der Waals surface area contributed by atoms with Crippen LogP contribution in [0.5, 0.6) is 0 Å². The molecular weight excluding hydrogens is 445 g/mol. The van der Waals surface area contributed by atoms with E-state index in [1.165, 1.54) is 0 Å². The van der Waals surface area contributed by atoms with Crippen molar-refractivity contribution < 1.29 is 24.1 Å².